The Morgan fingerprint density at radius 1 is 1.24 bits per heavy atom. The summed E-state index contributed by atoms with van der Waals surface area (Å²) in [7, 11) is 0. The van der Waals surface area contributed by atoms with Crippen molar-refractivity contribution in [3.63, 3.8) is 0 Å². The van der Waals surface area contributed by atoms with Crippen molar-refractivity contribution >= 4 is 28.6 Å². The van der Waals surface area contributed by atoms with Crippen LogP contribution in [0.2, 0.25) is 5.02 Å². The number of halogens is 1. The number of carboxylic acids is 1. The molecule has 0 aliphatic rings. The normalized spacial score (nSPS) is 11.0. The van der Waals surface area contributed by atoms with Crippen molar-refractivity contribution in [3.8, 4) is 0 Å². The average molecular weight is 301 g/mol. The second kappa shape index (κ2) is 5.22. The van der Waals surface area contributed by atoms with E-state index in [-0.39, 0.29) is 5.56 Å². The van der Waals surface area contributed by atoms with Crippen molar-refractivity contribution in [2.45, 2.75) is 13.5 Å². The SMILES string of the molecule is Cc1nc2cccc(C(=O)O)c2n1Cc1ccccc1Cl. The maximum Gasteiger partial charge on any atom is 0.337 e. The second-order valence-corrected chi connectivity index (χ2v) is 5.22. The second-order valence-electron chi connectivity index (χ2n) is 4.82. The molecule has 1 aromatic heterocycles. The van der Waals surface area contributed by atoms with E-state index in [0.717, 1.165) is 11.4 Å². The fourth-order valence-corrected chi connectivity index (χ4v) is 2.66. The molecule has 3 aromatic rings. The van der Waals surface area contributed by atoms with Crippen LogP contribution < -0.4 is 0 Å². The van der Waals surface area contributed by atoms with Crippen LogP contribution in [0, 0.1) is 6.92 Å². The van der Waals surface area contributed by atoms with Gasteiger partial charge < -0.3 is 9.67 Å². The quantitative estimate of drug-likeness (QED) is 0.801. The highest BCUT2D eigenvalue weighted by atomic mass is 35.5. The van der Waals surface area contributed by atoms with Gasteiger partial charge in [0.2, 0.25) is 0 Å². The monoisotopic (exact) mass is 300 g/mol. The highest BCUT2D eigenvalue weighted by Gasteiger charge is 2.16. The van der Waals surface area contributed by atoms with Crippen molar-refractivity contribution < 1.29 is 9.90 Å². The Kier molecular flexibility index (Phi) is 3.39. The van der Waals surface area contributed by atoms with E-state index < -0.39 is 5.97 Å². The van der Waals surface area contributed by atoms with Gasteiger partial charge in [0.1, 0.15) is 5.82 Å². The first-order valence-electron chi connectivity index (χ1n) is 6.50. The predicted molar refractivity (Wildman–Crippen MR) is 82.0 cm³/mol. The topological polar surface area (TPSA) is 55.1 Å². The number of imidazole rings is 1. The molecule has 0 atom stereocenters. The lowest BCUT2D eigenvalue weighted by Gasteiger charge is -2.10. The molecule has 0 fully saturated rings. The van der Waals surface area contributed by atoms with E-state index in [9.17, 15) is 9.90 Å². The van der Waals surface area contributed by atoms with Gasteiger partial charge in [0.25, 0.3) is 0 Å². The Bertz CT molecular complexity index is 839. The fraction of sp³-hybridized carbons (Fsp3) is 0.125. The van der Waals surface area contributed by atoms with Crippen LogP contribution >= 0.6 is 11.6 Å². The summed E-state index contributed by atoms with van der Waals surface area (Å²) in [5.74, 6) is -0.195. The van der Waals surface area contributed by atoms with Crippen LogP contribution in [0.4, 0.5) is 0 Å². The maximum atomic E-state index is 11.4. The van der Waals surface area contributed by atoms with Crippen LogP contribution in [-0.4, -0.2) is 20.6 Å². The number of carbonyl (C=O) groups is 1. The van der Waals surface area contributed by atoms with E-state index in [1.54, 1.807) is 12.1 Å². The molecule has 0 saturated heterocycles. The Morgan fingerprint density at radius 3 is 2.71 bits per heavy atom. The Balaban J connectivity index is 2.20. The van der Waals surface area contributed by atoms with Gasteiger partial charge in [-0.05, 0) is 30.7 Å². The Morgan fingerprint density at radius 2 is 2.00 bits per heavy atom. The fourth-order valence-electron chi connectivity index (χ4n) is 2.46. The third-order valence-electron chi connectivity index (χ3n) is 3.47. The molecule has 0 aliphatic heterocycles. The number of benzene rings is 2. The number of hydrogen-bond acceptors (Lipinski definition) is 2. The molecule has 1 N–H and O–H groups in total. The molecule has 106 valence electrons. The molecule has 21 heavy (non-hydrogen) atoms. The van der Waals surface area contributed by atoms with Gasteiger partial charge in [-0.2, -0.15) is 0 Å². The summed E-state index contributed by atoms with van der Waals surface area (Å²) < 4.78 is 1.89. The molecule has 0 radical (unpaired) electrons. The molecule has 2 aromatic carbocycles. The molecule has 0 spiro atoms. The Labute approximate surface area is 126 Å². The van der Waals surface area contributed by atoms with E-state index in [1.165, 1.54) is 0 Å². The maximum absolute atomic E-state index is 11.4. The van der Waals surface area contributed by atoms with Crippen LogP contribution in [0.15, 0.2) is 42.5 Å². The minimum Gasteiger partial charge on any atom is -0.478 e. The van der Waals surface area contributed by atoms with Gasteiger partial charge in [-0.3, -0.25) is 0 Å². The minimum atomic E-state index is -0.957. The predicted octanol–water partition coefficient (Wildman–Crippen LogP) is 3.74. The third-order valence-corrected chi connectivity index (χ3v) is 3.84. The molecule has 0 saturated carbocycles. The summed E-state index contributed by atoms with van der Waals surface area (Å²) in [5.41, 5.74) is 2.49. The smallest absolute Gasteiger partial charge is 0.337 e. The van der Waals surface area contributed by atoms with E-state index in [2.05, 4.69) is 4.98 Å². The van der Waals surface area contributed by atoms with Crippen LogP contribution in [0.1, 0.15) is 21.7 Å². The molecule has 0 bridgehead atoms. The number of para-hydroxylation sites is 1. The summed E-state index contributed by atoms with van der Waals surface area (Å²) in [5, 5.41) is 10.0. The average Bonchev–Trinajstić information content (AvgIpc) is 2.77. The molecular weight excluding hydrogens is 288 g/mol. The number of aromatic carboxylic acids is 1. The van der Waals surface area contributed by atoms with Crippen molar-refractivity contribution in [2.75, 3.05) is 0 Å². The number of aromatic nitrogens is 2. The standard InChI is InChI=1S/C16H13ClN2O2/c1-10-18-14-8-4-6-12(16(20)21)15(14)19(10)9-11-5-2-3-7-13(11)17/h2-8H,9H2,1H3,(H,20,21). The van der Waals surface area contributed by atoms with Gasteiger partial charge in [0.15, 0.2) is 0 Å². The number of nitrogens with zero attached hydrogens (tertiary/aromatic N) is 2. The molecule has 1 heterocycles. The molecule has 5 heteroatoms. The highest BCUT2D eigenvalue weighted by Crippen LogP contribution is 2.24. The van der Waals surface area contributed by atoms with E-state index in [1.807, 2.05) is 41.8 Å². The molecule has 3 rings (SSSR count). The van der Waals surface area contributed by atoms with Crippen LogP contribution in [0.3, 0.4) is 0 Å². The van der Waals surface area contributed by atoms with Crippen LogP contribution in [0.5, 0.6) is 0 Å². The van der Waals surface area contributed by atoms with E-state index >= 15 is 0 Å². The van der Waals surface area contributed by atoms with Gasteiger partial charge in [0, 0.05) is 5.02 Å². The number of aryl methyl sites for hydroxylation is 1. The molecule has 0 unspecified atom stereocenters. The first-order valence-corrected chi connectivity index (χ1v) is 6.88. The summed E-state index contributed by atoms with van der Waals surface area (Å²) in [6, 6.07) is 12.6. The van der Waals surface area contributed by atoms with Crippen molar-refractivity contribution in [1.82, 2.24) is 9.55 Å². The third kappa shape index (κ3) is 2.38. The Hall–Kier alpha value is -2.33. The number of hydrogen-bond donors (Lipinski definition) is 1. The van der Waals surface area contributed by atoms with Crippen LogP contribution in [-0.2, 0) is 6.54 Å². The van der Waals surface area contributed by atoms with E-state index in [4.69, 9.17) is 11.6 Å². The number of rotatable bonds is 3. The van der Waals surface area contributed by atoms with Crippen molar-refractivity contribution in [1.29, 1.82) is 0 Å². The first-order chi connectivity index (χ1) is 10.1. The lowest BCUT2D eigenvalue weighted by Crippen LogP contribution is -2.06. The molecular formula is C16H13ClN2O2. The van der Waals surface area contributed by atoms with Gasteiger partial charge >= 0.3 is 5.97 Å². The van der Waals surface area contributed by atoms with Gasteiger partial charge in [-0.1, -0.05) is 35.9 Å². The number of fused-ring (bicyclic) bond motifs is 1. The zero-order valence-corrected chi connectivity index (χ0v) is 12.1. The largest absolute Gasteiger partial charge is 0.478 e. The lowest BCUT2D eigenvalue weighted by atomic mass is 10.1. The van der Waals surface area contributed by atoms with E-state index in [0.29, 0.717) is 22.6 Å². The summed E-state index contributed by atoms with van der Waals surface area (Å²) in [6.45, 7) is 2.36. The summed E-state index contributed by atoms with van der Waals surface area (Å²) >= 11 is 6.20. The number of carboxylic acid groups (broad SMARTS) is 1. The molecule has 0 aliphatic carbocycles. The van der Waals surface area contributed by atoms with Crippen LogP contribution in [0.25, 0.3) is 11.0 Å². The highest BCUT2D eigenvalue weighted by molar-refractivity contribution is 6.31. The van der Waals surface area contributed by atoms with Crippen molar-refractivity contribution in [2.24, 2.45) is 0 Å². The molecule has 0 amide bonds. The minimum absolute atomic E-state index is 0.250. The zero-order valence-electron chi connectivity index (χ0n) is 11.4. The zero-order chi connectivity index (χ0) is 15.0. The van der Waals surface area contributed by atoms with Gasteiger partial charge in [0.05, 0.1) is 23.1 Å². The van der Waals surface area contributed by atoms with Crippen molar-refractivity contribution in [3.05, 3.63) is 64.4 Å². The summed E-state index contributed by atoms with van der Waals surface area (Å²) in [4.78, 5) is 15.9. The lowest BCUT2D eigenvalue weighted by molar-refractivity contribution is 0.0698. The van der Waals surface area contributed by atoms with Gasteiger partial charge in [-0.25, -0.2) is 9.78 Å². The summed E-state index contributed by atoms with van der Waals surface area (Å²) in [6.07, 6.45) is 0. The van der Waals surface area contributed by atoms with Gasteiger partial charge in [-0.15, -0.1) is 0 Å². The first kappa shape index (κ1) is 13.6. The molecule has 4 nitrogen and oxygen atoms in total.